The Morgan fingerprint density at radius 3 is 2.40 bits per heavy atom. The van der Waals surface area contributed by atoms with Crippen molar-refractivity contribution in [3.63, 3.8) is 0 Å². The number of carbonyl (C=O) groups excluding carboxylic acids is 2. The van der Waals surface area contributed by atoms with Crippen LogP contribution in [-0.4, -0.2) is 23.5 Å². The summed E-state index contributed by atoms with van der Waals surface area (Å²) in [5.74, 6) is 0.336. The highest BCUT2D eigenvalue weighted by Gasteiger charge is 2.32. The number of nitrogens with one attached hydrogen (secondary N) is 2. The number of rotatable bonds is 8. The van der Waals surface area contributed by atoms with Crippen LogP contribution in [0.2, 0.25) is 5.02 Å². The molecule has 0 aliphatic heterocycles. The average molecular weight is 501 g/mol. The van der Waals surface area contributed by atoms with E-state index in [-0.39, 0.29) is 35.8 Å². The maximum absolute atomic E-state index is 13.2. The fraction of sp³-hybridized carbons (Fsp3) is 0.536. The smallest absolute Gasteiger partial charge is 0.308 e. The van der Waals surface area contributed by atoms with E-state index in [1.54, 1.807) is 6.07 Å². The lowest BCUT2D eigenvalue weighted by Gasteiger charge is -2.34. The van der Waals surface area contributed by atoms with Gasteiger partial charge in [0.2, 0.25) is 0 Å². The summed E-state index contributed by atoms with van der Waals surface area (Å²) in [5, 5.41) is 3.44. The molecule has 1 unspecified atom stereocenters. The highest BCUT2D eigenvalue weighted by atomic mass is 35.5. The van der Waals surface area contributed by atoms with Gasteiger partial charge in [-0.05, 0) is 107 Å². The number of pyridine rings is 1. The predicted octanol–water partition coefficient (Wildman–Crippen LogP) is 5.75. The zero-order valence-corrected chi connectivity index (χ0v) is 22.2. The van der Waals surface area contributed by atoms with Gasteiger partial charge in [-0.1, -0.05) is 18.5 Å². The summed E-state index contributed by atoms with van der Waals surface area (Å²) < 4.78 is 5.22. The van der Waals surface area contributed by atoms with Crippen LogP contribution in [0.5, 0.6) is 0 Å². The molecule has 190 valence electrons. The molecule has 1 aliphatic rings. The lowest BCUT2D eigenvalue weighted by atomic mass is 9.71. The van der Waals surface area contributed by atoms with E-state index in [1.165, 1.54) is 0 Å². The van der Waals surface area contributed by atoms with Crippen LogP contribution in [0, 0.1) is 32.6 Å². The molecule has 1 atom stereocenters. The van der Waals surface area contributed by atoms with Gasteiger partial charge in [-0.3, -0.25) is 14.4 Å². The largest absolute Gasteiger partial charge is 0.466 e. The molecule has 0 radical (unpaired) electrons. The molecule has 0 spiro atoms. The van der Waals surface area contributed by atoms with E-state index in [9.17, 15) is 14.4 Å². The molecule has 0 saturated heterocycles. The summed E-state index contributed by atoms with van der Waals surface area (Å²) in [6, 6.07) is 5.58. The first-order valence-electron chi connectivity index (χ1n) is 12.6. The van der Waals surface area contributed by atoms with E-state index < -0.39 is 0 Å². The average Bonchev–Trinajstić information content (AvgIpc) is 2.81. The van der Waals surface area contributed by atoms with Crippen molar-refractivity contribution in [1.82, 2.24) is 10.3 Å². The number of ether oxygens (including phenoxy) is 1. The number of benzene rings is 1. The van der Waals surface area contributed by atoms with E-state index in [4.69, 9.17) is 16.3 Å². The summed E-state index contributed by atoms with van der Waals surface area (Å²) in [5.41, 5.74) is 4.55. The van der Waals surface area contributed by atoms with Crippen molar-refractivity contribution in [1.29, 1.82) is 0 Å². The first kappa shape index (κ1) is 27.0. The van der Waals surface area contributed by atoms with Crippen LogP contribution >= 0.6 is 11.6 Å². The second kappa shape index (κ2) is 11.9. The van der Waals surface area contributed by atoms with Gasteiger partial charge in [-0.15, -0.1) is 0 Å². The van der Waals surface area contributed by atoms with Crippen LogP contribution in [-0.2, 0) is 16.1 Å². The third-order valence-corrected chi connectivity index (χ3v) is 7.60. The molecule has 1 aromatic heterocycles. The Bertz CT molecular complexity index is 1130. The standard InChI is InChI=1S/C28H37ClN2O4/c1-6-22(19-8-10-20(11-9-19)28(34)35-7-2)23-13-21(29)14-24(18(23)5)26(32)30-15-25-16(3)12-17(4)31-27(25)33/h12-14,19-20,22H,6-11,15H2,1-5H3,(H,30,32)(H,31,33). The second-order valence-corrected chi connectivity index (χ2v) is 10.1. The van der Waals surface area contributed by atoms with Crippen LogP contribution in [0.3, 0.4) is 0 Å². The molecular weight excluding hydrogens is 464 g/mol. The number of aromatic nitrogens is 1. The number of carbonyl (C=O) groups is 2. The van der Waals surface area contributed by atoms with Gasteiger partial charge in [0.05, 0.1) is 12.5 Å². The van der Waals surface area contributed by atoms with Crippen LogP contribution in [0.1, 0.15) is 90.2 Å². The minimum atomic E-state index is -0.244. The Hall–Kier alpha value is -2.60. The fourth-order valence-electron chi connectivity index (χ4n) is 5.51. The maximum atomic E-state index is 13.2. The first-order valence-corrected chi connectivity index (χ1v) is 13.0. The van der Waals surface area contributed by atoms with Crippen LogP contribution in [0.15, 0.2) is 23.0 Å². The summed E-state index contributed by atoms with van der Waals surface area (Å²) in [6.07, 6.45) is 4.49. The van der Waals surface area contributed by atoms with Gasteiger partial charge in [0.15, 0.2) is 0 Å². The molecule has 2 N–H and O–H groups in total. The molecule has 1 aromatic carbocycles. The third kappa shape index (κ3) is 6.35. The van der Waals surface area contributed by atoms with Crippen molar-refractivity contribution in [3.8, 4) is 0 Å². The quantitative estimate of drug-likeness (QED) is 0.452. The molecule has 1 fully saturated rings. The predicted molar refractivity (Wildman–Crippen MR) is 139 cm³/mol. The minimum absolute atomic E-state index is 0.0149. The zero-order chi connectivity index (χ0) is 25.7. The van der Waals surface area contributed by atoms with Gasteiger partial charge in [0.1, 0.15) is 0 Å². The Balaban J connectivity index is 1.78. The fourth-order valence-corrected chi connectivity index (χ4v) is 5.74. The van der Waals surface area contributed by atoms with Crippen molar-refractivity contribution in [2.24, 2.45) is 11.8 Å². The van der Waals surface area contributed by atoms with Crippen molar-refractivity contribution in [2.75, 3.05) is 6.61 Å². The van der Waals surface area contributed by atoms with Crippen molar-refractivity contribution in [2.45, 2.75) is 79.2 Å². The normalized spacial score (nSPS) is 18.7. The number of aromatic amines is 1. The molecule has 1 heterocycles. The summed E-state index contributed by atoms with van der Waals surface area (Å²) in [7, 11) is 0. The van der Waals surface area contributed by atoms with E-state index in [2.05, 4.69) is 17.2 Å². The molecule has 7 heteroatoms. The lowest BCUT2D eigenvalue weighted by molar-refractivity contribution is -0.149. The van der Waals surface area contributed by atoms with Gasteiger partial charge < -0.3 is 15.0 Å². The zero-order valence-electron chi connectivity index (χ0n) is 21.4. The molecule has 1 amide bonds. The van der Waals surface area contributed by atoms with E-state index >= 15 is 0 Å². The topological polar surface area (TPSA) is 88.3 Å². The van der Waals surface area contributed by atoms with Crippen molar-refractivity contribution in [3.05, 3.63) is 67.1 Å². The number of hydrogen-bond acceptors (Lipinski definition) is 4. The molecule has 0 bridgehead atoms. The van der Waals surface area contributed by atoms with Gasteiger partial charge >= 0.3 is 5.97 Å². The molecule has 2 aromatic rings. The van der Waals surface area contributed by atoms with Crippen molar-refractivity contribution >= 4 is 23.5 Å². The summed E-state index contributed by atoms with van der Waals surface area (Å²) in [6.45, 7) is 10.2. The SMILES string of the molecule is CCOC(=O)C1CCC(C(CC)c2cc(Cl)cc(C(=O)NCc3c(C)cc(C)[nH]c3=O)c2C)CC1. The Morgan fingerprint density at radius 2 is 1.80 bits per heavy atom. The van der Waals surface area contributed by atoms with E-state index in [0.29, 0.717) is 28.7 Å². The summed E-state index contributed by atoms with van der Waals surface area (Å²) in [4.78, 5) is 40.4. The van der Waals surface area contributed by atoms with Gasteiger partial charge in [0, 0.05) is 28.4 Å². The van der Waals surface area contributed by atoms with Gasteiger partial charge in [0.25, 0.3) is 11.5 Å². The van der Waals surface area contributed by atoms with Crippen LogP contribution < -0.4 is 10.9 Å². The minimum Gasteiger partial charge on any atom is -0.466 e. The van der Waals surface area contributed by atoms with Crippen molar-refractivity contribution < 1.29 is 14.3 Å². The molecule has 3 rings (SSSR count). The highest BCUT2D eigenvalue weighted by molar-refractivity contribution is 6.31. The summed E-state index contributed by atoms with van der Waals surface area (Å²) >= 11 is 6.49. The Labute approximate surface area is 212 Å². The van der Waals surface area contributed by atoms with Crippen LogP contribution in [0.25, 0.3) is 0 Å². The second-order valence-electron chi connectivity index (χ2n) is 9.67. The van der Waals surface area contributed by atoms with Crippen LogP contribution in [0.4, 0.5) is 0 Å². The number of H-pyrrole nitrogens is 1. The van der Waals surface area contributed by atoms with E-state index in [1.807, 2.05) is 39.8 Å². The Kier molecular flexibility index (Phi) is 9.17. The third-order valence-electron chi connectivity index (χ3n) is 7.38. The Morgan fingerprint density at radius 1 is 1.11 bits per heavy atom. The van der Waals surface area contributed by atoms with Gasteiger partial charge in [-0.2, -0.15) is 0 Å². The molecule has 1 saturated carbocycles. The number of esters is 1. The number of hydrogen-bond donors (Lipinski definition) is 2. The van der Waals surface area contributed by atoms with Gasteiger partial charge in [-0.25, -0.2) is 0 Å². The number of amides is 1. The molecular formula is C28H37ClN2O4. The molecule has 6 nitrogen and oxygen atoms in total. The number of halogens is 1. The maximum Gasteiger partial charge on any atom is 0.308 e. The first-order chi connectivity index (χ1) is 16.7. The lowest BCUT2D eigenvalue weighted by Crippen LogP contribution is -2.29. The monoisotopic (exact) mass is 500 g/mol. The van der Waals surface area contributed by atoms with E-state index in [0.717, 1.165) is 54.5 Å². The number of aryl methyl sites for hydroxylation is 2. The molecule has 1 aliphatic carbocycles. The molecule has 35 heavy (non-hydrogen) atoms. The highest BCUT2D eigenvalue weighted by Crippen LogP contribution is 2.42.